The summed E-state index contributed by atoms with van der Waals surface area (Å²) < 4.78 is 0. The summed E-state index contributed by atoms with van der Waals surface area (Å²) in [7, 11) is 0. The summed E-state index contributed by atoms with van der Waals surface area (Å²) in [6.07, 6.45) is 3.96. The van der Waals surface area contributed by atoms with Crippen LogP contribution in [0.4, 0.5) is 0 Å². The van der Waals surface area contributed by atoms with E-state index in [4.69, 9.17) is 0 Å². The van der Waals surface area contributed by atoms with Gasteiger partial charge in [0.05, 0.1) is 0 Å². The van der Waals surface area contributed by atoms with E-state index >= 15 is 0 Å². The van der Waals surface area contributed by atoms with E-state index in [9.17, 15) is 0 Å². The van der Waals surface area contributed by atoms with E-state index in [-0.39, 0.29) is 0 Å². The van der Waals surface area contributed by atoms with Crippen LogP contribution in [-0.4, -0.2) is 25.2 Å². The molecule has 0 unspecified atom stereocenters. The molecule has 0 amide bonds. The quantitative estimate of drug-likeness (QED) is 0.563. The molecular formula is C9H20N2. The predicted octanol–water partition coefficient (Wildman–Crippen LogP) is 1.13. The Morgan fingerprint density at radius 2 is 1.91 bits per heavy atom. The van der Waals surface area contributed by atoms with E-state index in [2.05, 4.69) is 24.5 Å². The fraction of sp³-hybridized carbons (Fsp3) is 1.00. The molecule has 0 aromatic carbocycles. The van der Waals surface area contributed by atoms with Crippen molar-refractivity contribution in [1.82, 2.24) is 10.6 Å². The van der Waals surface area contributed by atoms with Crippen molar-refractivity contribution in [3.05, 3.63) is 0 Å². The summed E-state index contributed by atoms with van der Waals surface area (Å²) in [6.45, 7) is 7.88. The van der Waals surface area contributed by atoms with Gasteiger partial charge >= 0.3 is 0 Å². The van der Waals surface area contributed by atoms with E-state index in [1.807, 2.05) is 0 Å². The van der Waals surface area contributed by atoms with Crippen molar-refractivity contribution in [2.45, 2.75) is 38.6 Å². The van der Waals surface area contributed by atoms with Gasteiger partial charge in [0, 0.05) is 18.6 Å². The molecule has 2 N–H and O–H groups in total. The Morgan fingerprint density at radius 3 is 2.45 bits per heavy atom. The van der Waals surface area contributed by atoms with E-state index in [1.54, 1.807) is 0 Å². The molecule has 0 aromatic rings. The average molecular weight is 156 g/mol. The minimum atomic E-state index is 0.508. The van der Waals surface area contributed by atoms with Crippen LogP contribution in [0.25, 0.3) is 0 Å². The van der Waals surface area contributed by atoms with Crippen LogP contribution in [-0.2, 0) is 0 Å². The summed E-state index contributed by atoms with van der Waals surface area (Å²) >= 11 is 0. The van der Waals surface area contributed by atoms with Crippen LogP contribution >= 0.6 is 0 Å². The molecule has 0 bridgehead atoms. The molecule has 1 rings (SSSR count). The molecule has 1 fully saturated rings. The zero-order valence-electron chi connectivity index (χ0n) is 7.74. The fourth-order valence-corrected chi connectivity index (χ4v) is 1.12. The Balaban J connectivity index is 1.81. The van der Waals surface area contributed by atoms with Crippen molar-refractivity contribution in [1.29, 1.82) is 0 Å². The lowest BCUT2D eigenvalue weighted by atomic mass is 10.3. The molecule has 0 heterocycles. The van der Waals surface area contributed by atoms with E-state index in [0.29, 0.717) is 5.54 Å². The number of hydrogen-bond acceptors (Lipinski definition) is 2. The zero-order valence-corrected chi connectivity index (χ0v) is 7.74. The smallest absolute Gasteiger partial charge is 0.0155 e. The van der Waals surface area contributed by atoms with Crippen LogP contribution in [0.15, 0.2) is 0 Å². The monoisotopic (exact) mass is 156 g/mol. The Morgan fingerprint density at radius 1 is 1.18 bits per heavy atom. The molecule has 0 atom stereocenters. The van der Waals surface area contributed by atoms with Gasteiger partial charge in [0.15, 0.2) is 0 Å². The number of hydrogen-bond donors (Lipinski definition) is 2. The van der Waals surface area contributed by atoms with Gasteiger partial charge in [0.1, 0.15) is 0 Å². The van der Waals surface area contributed by atoms with Crippen molar-refractivity contribution in [3.8, 4) is 0 Å². The molecule has 0 aliphatic heterocycles. The first-order chi connectivity index (χ1) is 5.27. The highest BCUT2D eigenvalue weighted by Gasteiger charge is 2.35. The molecule has 1 saturated carbocycles. The predicted molar refractivity (Wildman–Crippen MR) is 48.8 cm³/mol. The van der Waals surface area contributed by atoms with Crippen LogP contribution in [0.3, 0.4) is 0 Å². The van der Waals surface area contributed by atoms with Gasteiger partial charge < -0.3 is 10.6 Å². The second-order valence-electron chi connectivity index (χ2n) is 3.74. The lowest BCUT2D eigenvalue weighted by Gasteiger charge is -2.10. The Labute approximate surface area is 69.8 Å². The first-order valence-electron chi connectivity index (χ1n) is 4.72. The number of rotatable bonds is 6. The molecule has 2 nitrogen and oxygen atoms in total. The van der Waals surface area contributed by atoms with Crippen LogP contribution < -0.4 is 10.6 Å². The third-order valence-corrected chi connectivity index (χ3v) is 2.28. The van der Waals surface area contributed by atoms with Gasteiger partial charge in [-0.05, 0) is 32.7 Å². The second kappa shape index (κ2) is 4.07. The first-order valence-corrected chi connectivity index (χ1v) is 4.72. The highest BCUT2D eigenvalue weighted by Crippen LogP contribution is 2.33. The minimum Gasteiger partial charge on any atom is -0.315 e. The lowest BCUT2D eigenvalue weighted by Crippen LogP contribution is -2.34. The maximum Gasteiger partial charge on any atom is 0.0155 e. The van der Waals surface area contributed by atoms with Gasteiger partial charge in [-0.15, -0.1) is 0 Å². The van der Waals surface area contributed by atoms with Crippen molar-refractivity contribution in [3.63, 3.8) is 0 Å². The second-order valence-corrected chi connectivity index (χ2v) is 3.74. The van der Waals surface area contributed by atoms with Gasteiger partial charge in [-0.25, -0.2) is 0 Å². The summed E-state index contributed by atoms with van der Waals surface area (Å²) in [5, 5.41) is 6.90. The molecule has 1 aliphatic rings. The van der Waals surface area contributed by atoms with Gasteiger partial charge in [-0.1, -0.05) is 6.92 Å². The molecule has 0 saturated heterocycles. The molecule has 66 valence electrons. The zero-order chi connectivity index (χ0) is 8.16. The molecular weight excluding hydrogens is 136 g/mol. The Bertz CT molecular complexity index is 108. The van der Waals surface area contributed by atoms with Gasteiger partial charge in [0.2, 0.25) is 0 Å². The Hall–Kier alpha value is -0.0800. The fourth-order valence-electron chi connectivity index (χ4n) is 1.12. The van der Waals surface area contributed by atoms with Crippen molar-refractivity contribution < 1.29 is 0 Å². The summed E-state index contributed by atoms with van der Waals surface area (Å²) in [4.78, 5) is 0. The molecule has 11 heavy (non-hydrogen) atoms. The first kappa shape index (κ1) is 9.01. The molecule has 0 radical (unpaired) electrons. The third-order valence-electron chi connectivity index (χ3n) is 2.28. The third kappa shape index (κ3) is 3.73. The van der Waals surface area contributed by atoms with Gasteiger partial charge in [0.25, 0.3) is 0 Å². The van der Waals surface area contributed by atoms with E-state index in [0.717, 1.165) is 19.6 Å². The van der Waals surface area contributed by atoms with Gasteiger partial charge in [-0.3, -0.25) is 0 Å². The van der Waals surface area contributed by atoms with Crippen LogP contribution in [0.5, 0.6) is 0 Å². The van der Waals surface area contributed by atoms with Crippen molar-refractivity contribution in [2.24, 2.45) is 0 Å². The highest BCUT2D eigenvalue weighted by atomic mass is 15.0. The van der Waals surface area contributed by atoms with Gasteiger partial charge in [-0.2, -0.15) is 0 Å². The van der Waals surface area contributed by atoms with Crippen LogP contribution in [0.1, 0.15) is 33.1 Å². The van der Waals surface area contributed by atoms with Crippen molar-refractivity contribution in [2.75, 3.05) is 19.6 Å². The van der Waals surface area contributed by atoms with E-state index < -0.39 is 0 Å². The highest BCUT2D eigenvalue weighted by molar-refractivity contribution is 4.97. The van der Waals surface area contributed by atoms with Crippen LogP contribution in [0.2, 0.25) is 0 Å². The summed E-state index contributed by atoms with van der Waals surface area (Å²) in [5.41, 5.74) is 0.508. The maximum atomic E-state index is 3.53. The molecule has 1 aliphatic carbocycles. The normalized spacial score (nSPS) is 20.2. The van der Waals surface area contributed by atoms with Crippen molar-refractivity contribution >= 4 is 0 Å². The largest absolute Gasteiger partial charge is 0.315 e. The minimum absolute atomic E-state index is 0.508. The van der Waals surface area contributed by atoms with Crippen LogP contribution in [0, 0.1) is 0 Å². The topological polar surface area (TPSA) is 24.1 Å². The SMILES string of the molecule is CCCNCCNC1(C)CC1. The standard InChI is InChI=1S/C9H20N2/c1-3-6-10-7-8-11-9(2)4-5-9/h10-11H,3-8H2,1-2H3. The molecule has 0 aromatic heterocycles. The molecule has 0 spiro atoms. The van der Waals surface area contributed by atoms with E-state index in [1.165, 1.54) is 19.3 Å². The lowest BCUT2D eigenvalue weighted by molar-refractivity contribution is 0.518. The maximum absolute atomic E-state index is 3.53. The summed E-state index contributed by atoms with van der Waals surface area (Å²) in [6, 6.07) is 0. The number of nitrogens with one attached hydrogen (secondary N) is 2. The molecule has 2 heteroatoms. The average Bonchev–Trinajstić information content (AvgIpc) is 2.69. The Kier molecular flexibility index (Phi) is 3.34. The summed E-state index contributed by atoms with van der Waals surface area (Å²) in [5.74, 6) is 0.